The highest BCUT2D eigenvalue weighted by atomic mass is 32.2. The first-order valence-corrected chi connectivity index (χ1v) is 9.61. The number of aliphatic hydroxyl groups is 1. The van der Waals surface area contributed by atoms with Gasteiger partial charge in [0.1, 0.15) is 12.9 Å². The number of nitrogens with zero attached hydrogens (tertiary/aromatic N) is 1. The second kappa shape index (κ2) is 5.00. The van der Waals surface area contributed by atoms with E-state index in [1.807, 2.05) is 0 Å². The Morgan fingerprint density at radius 3 is 2.14 bits per heavy atom. The molecule has 0 radical (unpaired) electrons. The van der Waals surface area contributed by atoms with E-state index >= 15 is 0 Å². The van der Waals surface area contributed by atoms with E-state index in [-0.39, 0.29) is 4.90 Å². The number of aliphatic hydroxyl groups excluding tert-OH is 1. The van der Waals surface area contributed by atoms with Gasteiger partial charge in [0.15, 0.2) is 9.84 Å². The predicted molar refractivity (Wildman–Crippen MR) is 75.2 cm³/mol. The van der Waals surface area contributed by atoms with Gasteiger partial charge in [0.25, 0.3) is 0 Å². The van der Waals surface area contributed by atoms with Gasteiger partial charge in [-0.2, -0.15) is 0 Å². The second-order valence-corrected chi connectivity index (χ2v) is 8.58. The van der Waals surface area contributed by atoms with E-state index < -0.39 is 32.2 Å². The van der Waals surface area contributed by atoms with Gasteiger partial charge in [-0.1, -0.05) is 12.1 Å². The smallest absolute Gasteiger partial charge is 0.244 e. The summed E-state index contributed by atoms with van der Waals surface area (Å²) in [4.78, 5) is 0.0937. The number of ether oxygens (including phenoxy) is 1. The lowest BCUT2D eigenvalue weighted by atomic mass is 10.0. The molecular formula is C12H15NO6S2. The minimum atomic E-state index is -3.67. The summed E-state index contributed by atoms with van der Waals surface area (Å²) in [6.45, 7) is -0.620. The topological polar surface area (TPSA) is 101 Å². The molecule has 1 N–H and O–H groups in total. The quantitative estimate of drug-likeness (QED) is 0.832. The molecule has 1 aromatic carbocycles. The number of hydrogen-bond donors (Lipinski definition) is 1. The summed E-state index contributed by atoms with van der Waals surface area (Å²) in [5.41, 5.74) is -1.28. The summed E-state index contributed by atoms with van der Waals surface area (Å²) in [5, 5.41) is 9.64. The second-order valence-electron chi connectivity index (χ2n) is 4.70. The Labute approximate surface area is 123 Å². The SMILES string of the molecule is CS(=O)(=O)c1ccc(C2(CO)OC=CN2S(C)(=O)=O)cc1. The standard InChI is InChI=1S/C12H15NO6S2/c1-20(15,16)11-5-3-10(4-6-11)12(9-14)13(7-8-19-12)21(2,17)18/h3-8,14H,9H2,1-2H3. The zero-order chi connectivity index (χ0) is 15.9. The molecular weight excluding hydrogens is 318 g/mol. The van der Waals surface area contributed by atoms with Gasteiger partial charge in [-0.3, -0.25) is 0 Å². The van der Waals surface area contributed by atoms with Gasteiger partial charge >= 0.3 is 0 Å². The van der Waals surface area contributed by atoms with Crippen molar-refractivity contribution in [2.45, 2.75) is 10.6 Å². The Balaban J connectivity index is 2.52. The zero-order valence-electron chi connectivity index (χ0n) is 11.4. The maximum atomic E-state index is 11.8. The van der Waals surface area contributed by atoms with Crippen molar-refractivity contribution in [2.75, 3.05) is 19.1 Å². The predicted octanol–water partition coefficient (Wildman–Crippen LogP) is -0.00180. The van der Waals surface area contributed by atoms with Crippen LogP contribution in [0.1, 0.15) is 5.56 Å². The Morgan fingerprint density at radius 2 is 1.71 bits per heavy atom. The van der Waals surface area contributed by atoms with Gasteiger partial charge in [0, 0.05) is 11.8 Å². The van der Waals surface area contributed by atoms with Crippen molar-refractivity contribution in [1.29, 1.82) is 0 Å². The van der Waals surface area contributed by atoms with Crippen LogP contribution in [0.5, 0.6) is 0 Å². The van der Waals surface area contributed by atoms with Crippen LogP contribution >= 0.6 is 0 Å². The van der Waals surface area contributed by atoms with E-state index in [1.54, 1.807) is 0 Å². The van der Waals surface area contributed by atoms with Crippen LogP contribution in [-0.2, 0) is 30.3 Å². The molecule has 116 valence electrons. The molecule has 0 amide bonds. The van der Waals surface area contributed by atoms with E-state index in [2.05, 4.69) is 0 Å². The van der Waals surface area contributed by atoms with Crippen LogP contribution in [0.15, 0.2) is 41.6 Å². The van der Waals surface area contributed by atoms with E-state index in [1.165, 1.54) is 36.7 Å². The number of sulfonamides is 1. The van der Waals surface area contributed by atoms with E-state index in [0.717, 1.165) is 16.8 Å². The molecule has 1 heterocycles. The highest BCUT2D eigenvalue weighted by Gasteiger charge is 2.46. The number of sulfone groups is 1. The summed E-state index contributed by atoms with van der Waals surface area (Å²) >= 11 is 0. The maximum absolute atomic E-state index is 11.8. The van der Waals surface area contributed by atoms with E-state index in [4.69, 9.17) is 4.74 Å². The Kier molecular flexibility index (Phi) is 3.77. The van der Waals surface area contributed by atoms with Crippen molar-refractivity contribution < 1.29 is 26.7 Å². The van der Waals surface area contributed by atoms with Crippen LogP contribution in [0.2, 0.25) is 0 Å². The molecule has 0 aliphatic carbocycles. The van der Waals surface area contributed by atoms with Gasteiger partial charge < -0.3 is 9.84 Å². The fourth-order valence-electron chi connectivity index (χ4n) is 2.11. The maximum Gasteiger partial charge on any atom is 0.244 e. The highest BCUT2D eigenvalue weighted by molar-refractivity contribution is 7.90. The molecule has 0 fully saturated rings. The van der Waals surface area contributed by atoms with Crippen molar-refractivity contribution in [1.82, 2.24) is 4.31 Å². The summed E-state index contributed by atoms with van der Waals surface area (Å²) in [7, 11) is -7.03. The van der Waals surface area contributed by atoms with Gasteiger partial charge in [-0.15, -0.1) is 0 Å². The minimum absolute atomic E-state index is 0.0937. The molecule has 7 nitrogen and oxygen atoms in total. The van der Waals surface area contributed by atoms with Gasteiger partial charge in [0.05, 0.1) is 17.4 Å². The lowest BCUT2D eigenvalue weighted by Crippen LogP contribution is -2.47. The molecule has 2 rings (SSSR count). The molecule has 1 unspecified atom stereocenters. The third-order valence-corrected chi connectivity index (χ3v) is 5.38. The largest absolute Gasteiger partial charge is 0.466 e. The monoisotopic (exact) mass is 333 g/mol. The van der Waals surface area contributed by atoms with Crippen LogP contribution in [0.4, 0.5) is 0 Å². The molecule has 1 aliphatic rings. The zero-order valence-corrected chi connectivity index (χ0v) is 13.1. The average Bonchev–Trinajstić information content (AvgIpc) is 2.83. The third-order valence-electron chi connectivity index (χ3n) is 3.12. The van der Waals surface area contributed by atoms with Crippen molar-refractivity contribution in [3.8, 4) is 0 Å². The Bertz CT molecular complexity index is 766. The molecule has 0 bridgehead atoms. The van der Waals surface area contributed by atoms with Gasteiger partial charge in [-0.25, -0.2) is 21.1 Å². The molecule has 0 spiro atoms. The molecule has 1 atom stereocenters. The molecule has 0 saturated heterocycles. The van der Waals surface area contributed by atoms with Crippen LogP contribution in [0.3, 0.4) is 0 Å². The van der Waals surface area contributed by atoms with Crippen molar-refractivity contribution >= 4 is 19.9 Å². The molecule has 0 saturated carbocycles. The van der Waals surface area contributed by atoms with Crippen molar-refractivity contribution in [2.24, 2.45) is 0 Å². The van der Waals surface area contributed by atoms with Crippen LogP contribution in [-0.4, -0.2) is 45.4 Å². The van der Waals surface area contributed by atoms with Gasteiger partial charge in [0.2, 0.25) is 15.7 Å². The number of rotatable bonds is 4. The minimum Gasteiger partial charge on any atom is -0.466 e. The molecule has 21 heavy (non-hydrogen) atoms. The first-order chi connectivity index (χ1) is 9.61. The number of benzene rings is 1. The fraction of sp³-hybridized carbons (Fsp3) is 0.333. The first-order valence-electron chi connectivity index (χ1n) is 5.87. The van der Waals surface area contributed by atoms with Gasteiger partial charge in [-0.05, 0) is 12.1 Å². The van der Waals surface area contributed by atoms with E-state index in [9.17, 15) is 21.9 Å². The molecule has 1 aromatic rings. The Hall–Kier alpha value is -1.58. The van der Waals surface area contributed by atoms with Crippen LogP contribution in [0, 0.1) is 0 Å². The van der Waals surface area contributed by atoms with E-state index in [0.29, 0.717) is 5.56 Å². The van der Waals surface area contributed by atoms with Crippen LogP contribution in [0.25, 0.3) is 0 Å². The van der Waals surface area contributed by atoms with Crippen molar-refractivity contribution in [3.63, 3.8) is 0 Å². The summed E-state index contributed by atoms with van der Waals surface area (Å²) < 4.78 is 52.7. The summed E-state index contributed by atoms with van der Waals surface area (Å²) in [5.74, 6) is 0. The normalized spacial score (nSPS) is 22.3. The third kappa shape index (κ3) is 2.76. The van der Waals surface area contributed by atoms with Crippen LogP contribution < -0.4 is 0 Å². The lowest BCUT2D eigenvalue weighted by Gasteiger charge is -2.35. The molecule has 1 aliphatic heterocycles. The summed E-state index contributed by atoms with van der Waals surface area (Å²) in [6.07, 6.45) is 4.43. The fourth-order valence-corrected chi connectivity index (χ4v) is 3.75. The number of hydrogen-bond acceptors (Lipinski definition) is 6. The lowest BCUT2D eigenvalue weighted by molar-refractivity contribution is -0.0736. The molecule has 9 heteroatoms. The molecule has 0 aromatic heterocycles. The van der Waals surface area contributed by atoms with Crippen molar-refractivity contribution in [3.05, 3.63) is 42.3 Å². The average molecular weight is 333 g/mol. The Morgan fingerprint density at radius 1 is 1.14 bits per heavy atom. The summed E-state index contributed by atoms with van der Waals surface area (Å²) in [6, 6.07) is 5.50. The first kappa shape index (κ1) is 15.8. The highest BCUT2D eigenvalue weighted by Crippen LogP contribution is 2.36.